The van der Waals surface area contributed by atoms with Crippen molar-refractivity contribution in [2.45, 2.75) is 18.4 Å². The van der Waals surface area contributed by atoms with Gasteiger partial charge in [-0.1, -0.05) is 0 Å². The summed E-state index contributed by atoms with van der Waals surface area (Å²) in [4.78, 5) is 42.0. The van der Waals surface area contributed by atoms with Crippen molar-refractivity contribution in [2.75, 3.05) is 6.61 Å². The Kier molecular flexibility index (Phi) is 8.56. The van der Waals surface area contributed by atoms with Gasteiger partial charge in [-0.3, -0.25) is 9.59 Å². The minimum absolute atomic E-state index is 0. The molecule has 0 aliphatic rings. The number of rotatable bonds is 8. The molecule has 0 rings (SSSR count). The summed E-state index contributed by atoms with van der Waals surface area (Å²) in [5, 5.41) is 34.1. The second kappa shape index (κ2) is 8.03. The summed E-state index contributed by atoms with van der Waals surface area (Å²) in [5.41, 5.74) is -2.59. The molecule has 98 valence electrons. The Balaban J connectivity index is 0. The maximum atomic E-state index is 10.9. The van der Waals surface area contributed by atoms with Gasteiger partial charge in [0, 0.05) is 0 Å². The molecule has 0 saturated heterocycles. The van der Waals surface area contributed by atoms with E-state index in [4.69, 9.17) is 20.4 Å². The van der Waals surface area contributed by atoms with Crippen molar-refractivity contribution in [3.63, 3.8) is 0 Å². The van der Waals surface area contributed by atoms with Crippen LogP contribution in [0.15, 0.2) is 0 Å². The third-order valence-electron chi connectivity index (χ3n) is 1.74. The normalized spacial score (nSPS) is 10.2. The molecule has 18 heavy (non-hydrogen) atoms. The van der Waals surface area contributed by atoms with Crippen LogP contribution in [0, 0.1) is 0 Å². The molecule has 0 atom stereocenters. The zero-order chi connectivity index (χ0) is 13.6. The Hall–Kier alpha value is -1.16. The van der Waals surface area contributed by atoms with Gasteiger partial charge in [0.05, 0.1) is 12.8 Å². The van der Waals surface area contributed by atoms with Crippen LogP contribution < -0.4 is 0 Å². The van der Waals surface area contributed by atoms with Crippen molar-refractivity contribution in [3.8, 4) is 0 Å². The van der Waals surface area contributed by atoms with E-state index in [2.05, 4.69) is 4.74 Å². The standard InChI is InChI=1S/C8H10O9.Na.H/c9-4(10)1-8(7(15)16,2-5(11)12)17-3-6(13)14;;/h1-3H2,(H,9,10)(H,11,12)(H,13,14)(H,15,16);;. The van der Waals surface area contributed by atoms with Crippen molar-refractivity contribution in [3.05, 3.63) is 0 Å². The number of ether oxygens (including phenoxy) is 1. The molecule has 0 saturated carbocycles. The molecule has 0 unspecified atom stereocenters. The topological polar surface area (TPSA) is 158 Å². The van der Waals surface area contributed by atoms with E-state index in [1.54, 1.807) is 0 Å². The third-order valence-corrected chi connectivity index (χ3v) is 1.74. The number of carbonyl (C=O) groups is 4. The van der Waals surface area contributed by atoms with Gasteiger partial charge in [0.2, 0.25) is 0 Å². The fraction of sp³-hybridized carbons (Fsp3) is 0.500. The molecule has 0 aliphatic carbocycles. The second-order valence-corrected chi connectivity index (χ2v) is 3.12. The molecule has 0 heterocycles. The van der Waals surface area contributed by atoms with Crippen LogP contribution in [0.4, 0.5) is 0 Å². The van der Waals surface area contributed by atoms with E-state index < -0.39 is 48.9 Å². The Morgan fingerprint density at radius 2 is 1.22 bits per heavy atom. The number of hydrogen-bond donors (Lipinski definition) is 4. The van der Waals surface area contributed by atoms with Crippen LogP contribution in [-0.4, -0.2) is 86.1 Å². The van der Waals surface area contributed by atoms with Gasteiger partial charge >= 0.3 is 53.4 Å². The van der Waals surface area contributed by atoms with Gasteiger partial charge in [-0.25, -0.2) is 9.59 Å². The summed E-state index contributed by atoms with van der Waals surface area (Å²) in [7, 11) is 0. The molecule has 9 nitrogen and oxygen atoms in total. The number of hydrogen-bond acceptors (Lipinski definition) is 5. The van der Waals surface area contributed by atoms with Crippen LogP contribution in [0.3, 0.4) is 0 Å². The fourth-order valence-corrected chi connectivity index (χ4v) is 1.07. The second-order valence-electron chi connectivity index (χ2n) is 3.12. The van der Waals surface area contributed by atoms with Crippen LogP contribution in [-0.2, 0) is 23.9 Å². The molecule has 10 heteroatoms. The minimum atomic E-state index is -2.59. The molecule has 0 bridgehead atoms. The van der Waals surface area contributed by atoms with Crippen LogP contribution in [0.1, 0.15) is 12.8 Å². The zero-order valence-electron chi connectivity index (χ0n) is 8.45. The molecule has 0 radical (unpaired) electrons. The van der Waals surface area contributed by atoms with Crippen molar-refractivity contribution in [2.24, 2.45) is 0 Å². The molecule has 0 amide bonds. The Morgan fingerprint density at radius 3 is 1.44 bits per heavy atom. The molecular weight excluding hydrogens is 263 g/mol. The van der Waals surface area contributed by atoms with Crippen molar-refractivity contribution in [1.82, 2.24) is 0 Å². The van der Waals surface area contributed by atoms with Gasteiger partial charge < -0.3 is 25.2 Å². The number of carboxylic acids is 4. The van der Waals surface area contributed by atoms with Gasteiger partial charge in [0.15, 0.2) is 5.60 Å². The average molecular weight is 274 g/mol. The first-order chi connectivity index (χ1) is 7.69. The Morgan fingerprint density at radius 1 is 0.833 bits per heavy atom. The van der Waals surface area contributed by atoms with Crippen LogP contribution in [0.2, 0.25) is 0 Å². The summed E-state index contributed by atoms with van der Waals surface area (Å²) in [6, 6.07) is 0. The van der Waals surface area contributed by atoms with Crippen LogP contribution in [0.25, 0.3) is 0 Å². The van der Waals surface area contributed by atoms with E-state index in [0.29, 0.717) is 0 Å². The summed E-state index contributed by atoms with van der Waals surface area (Å²) >= 11 is 0. The number of carboxylic acid groups (broad SMARTS) is 4. The van der Waals surface area contributed by atoms with Gasteiger partial charge in [-0.05, 0) is 0 Å². The monoisotopic (exact) mass is 274 g/mol. The van der Waals surface area contributed by atoms with Crippen molar-refractivity contribution >= 4 is 53.4 Å². The van der Waals surface area contributed by atoms with Crippen molar-refractivity contribution in [1.29, 1.82) is 0 Å². The fourth-order valence-electron chi connectivity index (χ4n) is 1.07. The quantitative estimate of drug-likeness (QED) is 0.375. The predicted molar refractivity (Wildman–Crippen MR) is 55.6 cm³/mol. The molecule has 0 aliphatic heterocycles. The zero-order valence-corrected chi connectivity index (χ0v) is 8.45. The summed E-state index contributed by atoms with van der Waals surface area (Å²) in [6.07, 6.45) is -2.30. The SMILES string of the molecule is O=C(O)COC(CC(=O)O)(CC(=O)O)C(=O)O.[NaH]. The van der Waals surface area contributed by atoms with E-state index in [9.17, 15) is 19.2 Å². The number of aliphatic carboxylic acids is 4. The van der Waals surface area contributed by atoms with Crippen molar-refractivity contribution < 1.29 is 44.3 Å². The van der Waals surface area contributed by atoms with Crippen LogP contribution in [0.5, 0.6) is 0 Å². The van der Waals surface area contributed by atoms with E-state index in [1.165, 1.54) is 0 Å². The molecular formula is C8H11NaO9. The van der Waals surface area contributed by atoms with Gasteiger partial charge in [-0.2, -0.15) is 0 Å². The van der Waals surface area contributed by atoms with E-state index in [-0.39, 0.29) is 29.6 Å². The van der Waals surface area contributed by atoms with Crippen LogP contribution >= 0.6 is 0 Å². The first kappa shape index (κ1) is 19.2. The first-order valence-electron chi connectivity index (χ1n) is 4.22. The maximum absolute atomic E-state index is 10.9. The average Bonchev–Trinajstić information content (AvgIpc) is 2.11. The summed E-state index contributed by atoms with van der Waals surface area (Å²) in [6.45, 7) is -1.10. The Bertz CT molecular complexity index is 334. The Labute approximate surface area is 123 Å². The summed E-state index contributed by atoms with van der Waals surface area (Å²) < 4.78 is 4.41. The molecule has 0 aromatic rings. The molecule has 4 N–H and O–H groups in total. The van der Waals surface area contributed by atoms with Gasteiger partial charge in [-0.15, -0.1) is 0 Å². The van der Waals surface area contributed by atoms with E-state index in [0.717, 1.165) is 0 Å². The third kappa shape index (κ3) is 6.55. The van der Waals surface area contributed by atoms with Gasteiger partial charge in [0.25, 0.3) is 0 Å². The molecule has 0 aromatic heterocycles. The first-order valence-corrected chi connectivity index (χ1v) is 4.22. The van der Waals surface area contributed by atoms with Gasteiger partial charge in [0.1, 0.15) is 6.61 Å². The predicted octanol–water partition coefficient (Wildman–Crippen LogP) is -1.79. The summed E-state index contributed by atoms with van der Waals surface area (Å²) in [5.74, 6) is -6.60. The van der Waals surface area contributed by atoms with E-state index >= 15 is 0 Å². The molecule has 0 fully saturated rings. The molecule has 0 aromatic carbocycles. The molecule has 0 spiro atoms. The van der Waals surface area contributed by atoms with E-state index in [1.807, 2.05) is 0 Å².